The first-order valence-electron chi connectivity index (χ1n) is 12.4. The van der Waals surface area contributed by atoms with Crippen LogP contribution in [0.4, 0.5) is 4.39 Å². The molecule has 1 aliphatic carbocycles. The lowest BCUT2D eigenvalue weighted by atomic mass is 9.91. The van der Waals surface area contributed by atoms with Crippen LogP contribution in [-0.4, -0.2) is 77.4 Å². The van der Waals surface area contributed by atoms with Gasteiger partial charge in [-0.15, -0.1) is 0 Å². The third-order valence-electron chi connectivity index (χ3n) is 7.10. The Kier molecular flexibility index (Phi) is 7.27. The Balaban J connectivity index is 1.45. The minimum absolute atomic E-state index is 0.00280. The van der Waals surface area contributed by atoms with Crippen LogP contribution in [0.25, 0.3) is 0 Å². The quantitative estimate of drug-likeness (QED) is 0.674. The van der Waals surface area contributed by atoms with E-state index in [-0.39, 0.29) is 29.2 Å². The summed E-state index contributed by atoms with van der Waals surface area (Å²) < 4.78 is 19.3. The van der Waals surface area contributed by atoms with Gasteiger partial charge in [-0.3, -0.25) is 14.5 Å². The molecule has 7 heteroatoms. The number of ether oxygens (including phenoxy) is 1. The minimum Gasteiger partial charge on any atom is -0.488 e. The number of halogens is 1. The number of carbonyl (C=O) groups is 2. The van der Waals surface area contributed by atoms with Crippen molar-refractivity contribution in [3.63, 3.8) is 0 Å². The highest BCUT2D eigenvalue weighted by Crippen LogP contribution is 2.30. The first-order chi connectivity index (χ1) is 15.7. The van der Waals surface area contributed by atoms with Gasteiger partial charge in [-0.05, 0) is 48.9 Å². The summed E-state index contributed by atoms with van der Waals surface area (Å²) in [5.74, 6) is 0.277. The van der Waals surface area contributed by atoms with Crippen molar-refractivity contribution in [2.45, 2.75) is 77.5 Å². The average molecular weight is 460 g/mol. The molecule has 3 fully saturated rings. The molecule has 4 rings (SSSR count). The van der Waals surface area contributed by atoms with E-state index in [1.165, 1.54) is 31.4 Å². The second-order valence-corrected chi connectivity index (χ2v) is 11.0. The number of hydrogen-bond acceptors (Lipinski definition) is 4. The van der Waals surface area contributed by atoms with Gasteiger partial charge in [0.15, 0.2) is 0 Å². The Morgan fingerprint density at radius 2 is 1.76 bits per heavy atom. The zero-order valence-electron chi connectivity index (χ0n) is 20.3. The van der Waals surface area contributed by atoms with Crippen LogP contribution in [0.15, 0.2) is 24.3 Å². The molecule has 0 aromatic heterocycles. The molecular weight excluding hydrogens is 421 g/mol. The minimum atomic E-state index is -0.499. The van der Waals surface area contributed by atoms with E-state index in [1.807, 2.05) is 25.7 Å². The van der Waals surface area contributed by atoms with Crippen LogP contribution in [-0.2, 0) is 9.59 Å². The van der Waals surface area contributed by atoms with Gasteiger partial charge in [0.2, 0.25) is 11.8 Å². The zero-order chi connectivity index (χ0) is 23.6. The third kappa shape index (κ3) is 6.05. The summed E-state index contributed by atoms with van der Waals surface area (Å²) in [6, 6.07) is 6.09. The molecule has 1 aromatic carbocycles. The predicted molar refractivity (Wildman–Crippen MR) is 125 cm³/mol. The van der Waals surface area contributed by atoms with Gasteiger partial charge in [0.05, 0.1) is 6.54 Å². The molecule has 2 saturated heterocycles. The lowest BCUT2D eigenvalue weighted by Gasteiger charge is -2.37. The number of benzene rings is 1. The fourth-order valence-electron chi connectivity index (χ4n) is 5.14. The molecule has 33 heavy (non-hydrogen) atoms. The van der Waals surface area contributed by atoms with Crippen LogP contribution in [0.1, 0.15) is 59.3 Å². The second kappa shape index (κ2) is 10.00. The van der Waals surface area contributed by atoms with Gasteiger partial charge in [0.1, 0.15) is 23.7 Å². The summed E-state index contributed by atoms with van der Waals surface area (Å²) in [7, 11) is 0. The normalized spacial score (nSPS) is 25.0. The van der Waals surface area contributed by atoms with E-state index in [4.69, 9.17) is 4.74 Å². The lowest BCUT2D eigenvalue weighted by Crippen LogP contribution is -2.49. The summed E-state index contributed by atoms with van der Waals surface area (Å²) in [5, 5.41) is 0. The zero-order valence-corrected chi connectivity index (χ0v) is 20.3. The second-order valence-electron chi connectivity index (χ2n) is 11.0. The third-order valence-corrected chi connectivity index (χ3v) is 7.10. The Morgan fingerprint density at radius 1 is 1.03 bits per heavy atom. The van der Waals surface area contributed by atoms with Gasteiger partial charge in [-0.2, -0.15) is 0 Å². The van der Waals surface area contributed by atoms with Crippen LogP contribution in [0, 0.1) is 11.2 Å². The molecule has 2 heterocycles. The van der Waals surface area contributed by atoms with Gasteiger partial charge in [0, 0.05) is 45.1 Å². The van der Waals surface area contributed by atoms with Crippen LogP contribution < -0.4 is 4.74 Å². The molecule has 1 saturated carbocycles. The van der Waals surface area contributed by atoms with E-state index in [9.17, 15) is 14.0 Å². The van der Waals surface area contributed by atoms with Gasteiger partial charge >= 0.3 is 0 Å². The van der Waals surface area contributed by atoms with Crippen LogP contribution in [0.3, 0.4) is 0 Å². The lowest BCUT2D eigenvalue weighted by molar-refractivity contribution is -0.144. The molecule has 0 bridgehead atoms. The molecule has 1 aromatic rings. The summed E-state index contributed by atoms with van der Waals surface area (Å²) in [5.41, 5.74) is -0.160. The molecule has 2 aliphatic heterocycles. The van der Waals surface area contributed by atoms with Crippen molar-refractivity contribution >= 4 is 11.8 Å². The molecule has 2 amide bonds. The maximum atomic E-state index is 13.6. The highest BCUT2D eigenvalue weighted by atomic mass is 19.1. The number of amides is 2. The topological polar surface area (TPSA) is 53.1 Å². The molecule has 6 nitrogen and oxygen atoms in total. The summed E-state index contributed by atoms with van der Waals surface area (Å²) in [4.78, 5) is 33.1. The van der Waals surface area contributed by atoms with Gasteiger partial charge in [0.25, 0.3) is 0 Å². The Morgan fingerprint density at radius 3 is 2.39 bits per heavy atom. The van der Waals surface area contributed by atoms with E-state index >= 15 is 0 Å². The molecule has 0 radical (unpaired) electrons. The van der Waals surface area contributed by atoms with Crippen molar-refractivity contribution in [2.75, 3.05) is 32.7 Å². The van der Waals surface area contributed by atoms with Crippen molar-refractivity contribution in [3.05, 3.63) is 30.1 Å². The Bertz CT molecular complexity index is 834. The molecule has 0 spiro atoms. The molecule has 3 aliphatic rings. The van der Waals surface area contributed by atoms with Gasteiger partial charge in [-0.1, -0.05) is 27.2 Å². The highest BCUT2D eigenvalue weighted by Gasteiger charge is 2.43. The van der Waals surface area contributed by atoms with Gasteiger partial charge < -0.3 is 14.5 Å². The summed E-state index contributed by atoms with van der Waals surface area (Å²) in [6.07, 6.45) is 5.39. The van der Waals surface area contributed by atoms with Gasteiger partial charge in [-0.25, -0.2) is 4.39 Å². The standard InChI is InChI=1S/C26H38FN3O3/c1-26(2,3)17-24(31)30-18-22(33-21-10-8-19(27)9-11-21)16-23(30)25(32)29-13-5-12-28(14-15-29)20-6-4-7-20/h8-11,20,22-23H,4-7,12-18H2,1-3H3/t22-,23-/m0/s1. The summed E-state index contributed by atoms with van der Waals surface area (Å²) in [6.45, 7) is 9.90. The van der Waals surface area contributed by atoms with Crippen molar-refractivity contribution in [2.24, 2.45) is 5.41 Å². The van der Waals surface area contributed by atoms with E-state index in [1.54, 1.807) is 17.0 Å². The van der Waals surface area contributed by atoms with E-state index in [0.29, 0.717) is 31.2 Å². The smallest absolute Gasteiger partial charge is 0.245 e. The Labute approximate surface area is 197 Å². The van der Waals surface area contributed by atoms with Crippen LogP contribution >= 0.6 is 0 Å². The predicted octanol–water partition coefficient (Wildman–Crippen LogP) is 3.70. The number of likely N-dealkylation sites (tertiary alicyclic amines) is 1. The fraction of sp³-hybridized carbons (Fsp3) is 0.692. The largest absolute Gasteiger partial charge is 0.488 e. The first kappa shape index (κ1) is 24.0. The Hall–Kier alpha value is -2.15. The number of nitrogens with zero attached hydrogens (tertiary/aromatic N) is 3. The number of rotatable bonds is 5. The van der Waals surface area contributed by atoms with Crippen LogP contribution in [0.2, 0.25) is 0 Å². The molecule has 182 valence electrons. The van der Waals surface area contributed by atoms with E-state index in [0.717, 1.165) is 32.6 Å². The fourth-order valence-corrected chi connectivity index (χ4v) is 5.14. The number of carbonyl (C=O) groups excluding carboxylic acids is 2. The van der Waals surface area contributed by atoms with Crippen molar-refractivity contribution in [1.82, 2.24) is 14.7 Å². The van der Waals surface area contributed by atoms with E-state index in [2.05, 4.69) is 4.90 Å². The van der Waals surface area contributed by atoms with Crippen LogP contribution in [0.5, 0.6) is 5.75 Å². The molecule has 0 N–H and O–H groups in total. The maximum absolute atomic E-state index is 13.6. The van der Waals surface area contributed by atoms with Crippen molar-refractivity contribution < 1.29 is 18.7 Å². The van der Waals surface area contributed by atoms with Crippen molar-refractivity contribution in [3.8, 4) is 5.75 Å². The maximum Gasteiger partial charge on any atom is 0.245 e. The monoisotopic (exact) mass is 459 g/mol. The summed E-state index contributed by atoms with van der Waals surface area (Å²) >= 11 is 0. The molecule has 2 atom stereocenters. The molecular formula is C26H38FN3O3. The highest BCUT2D eigenvalue weighted by molar-refractivity contribution is 5.88. The van der Waals surface area contributed by atoms with E-state index < -0.39 is 6.04 Å². The SMILES string of the molecule is CC(C)(C)CC(=O)N1C[C@@H](Oc2ccc(F)cc2)C[C@H]1C(=O)N1CCCN(C2CCC2)CC1. The molecule has 0 unspecified atom stereocenters. The number of hydrogen-bond donors (Lipinski definition) is 0. The average Bonchev–Trinajstić information content (AvgIpc) is 2.98. The van der Waals surface area contributed by atoms with Crippen molar-refractivity contribution in [1.29, 1.82) is 0 Å². The first-order valence-corrected chi connectivity index (χ1v) is 12.4.